The SMILES string of the molecule is O=C(c1ccccc1)N1CCCCC1c1nc2c(c(=O)[nH]1)CCN(C1CCCCC1)C2. The summed E-state index contributed by atoms with van der Waals surface area (Å²) in [6.45, 7) is 2.41. The summed E-state index contributed by atoms with van der Waals surface area (Å²) in [5.41, 5.74) is 2.44. The number of likely N-dealkylation sites (tertiary alicyclic amines) is 1. The first-order valence-corrected chi connectivity index (χ1v) is 11.9. The second kappa shape index (κ2) is 8.95. The van der Waals surface area contributed by atoms with E-state index in [1.165, 1.54) is 32.1 Å². The van der Waals surface area contributed by atoms with Crippen molar-refractivity contribution in [1.82, 2.24) is 19.8 Å². The smallest absolute Gasteiger partial charge is 0.254 e. The molecule has 1 amide bonds. The summed E-state index contributed by atoms with van der Waals surface area (Å²) in [6.07, 6.45) is 10.1. The molecule has 31 heavy (non-hydrogen) atoms. The number of H-pyrrole nitrogens is 1. The number of carbonyl (C=O) groups excluding carboxylic acids is 1. The van der Waals surface area contributed by atoms with Gasteiger partial charge < -0.3 is 9.88 Å². The van der Waals surface area contributed by atoms with Crippen molar-refractivity contribution in [2.75, 3.05) is 13.1 Å². The molecule has 2 fully saturated rings. The number of hydrogen-bond acceptors (Lipinski definition) is 4. The van der Waals surface area contributed by atoms with Gasteiger partial charge in [-0.3, -0.25) is 14.5 Å². The highest BCUT2D eigenvalue weighted by Gasteiger charge is 2.33. The maximum absolute atomic E-state index is 13.2. The largest absolute Gasteiger partial charge is 0.328 e. The maximum Gasteiger partial charge on any atom is 0.254 e. The predicted octanol–water partition coefficient (Wildman–Crippen LogP) is 3.83. The number of amides is 1. The Balaban J connectivity index is 1.42. The van der Waals surface area contributed by atoms with Crippen LogP contribution < -0.4 is 5.56 Å². The fourth-order valence-electron chi connectivity index (χ4n) is 5.60. The summed E-state index contributed by atoms with van der Waals surface area (Å²) in [6, 6.07) is 9.89. The van der Waals surface area contributed by atoms with Crippen LogP contribution in [0.2, 0.25) is 0 Å². The van der Waals surface area contributed by atoms with Crippen LogP contribution in [0.1, 0.15) is 84.8 Å². The molecule has 0 spiro atoms. The van der Waals surface area contributed by atoms with Gasteiger partial charge in [-0.25, -0.2) is 4.98 Å². The molecule has 1 N–H and O–H groups in total. The molecule has 6 nitrogen and oxygen atoms in total. The summed E-state index contributed by atoms with van der Waals surface area (Å²) in [5.74, 6) is 0.688. The lowest BCUT2D eigenvalue weighted by Crippen LogP contribution is -2.44. The number of hydrogen-bond donors (Lipinski definition) is 1. The molecule has 1 saturated carbocycles. The second-order valence-electron chi connectivity index (χ2n) is 9.26. The number of fused-ring (bicyclic) bond motifs is 1. The lowest BCUT2D eigenvalue weighted by atomic mass is 9.92. The van der Waals surface area contributed by atoms with E-state index in [4.69, 9.17) is 4.98 Å². The van der Waals surface area contributed by atoms with Crippen molar-refractivity contribution in [2.45, 2.75) is 76.4 Å². The van der Waals surface area contributed by atoms with Gasteiger partial charge in [-0.2, -0.15) is 0 Å². The van der Waals surface area contributed by atoms with Crippen LogP contribution in [-0.4, -0.2) is 44.8 Å². The standard InChI is InChI=1S/C25H32N4O2/c30-24-20-14-16-28(19-11-5-2-6-12-19)17-21(20)26-23(27-24)22-13-7-8-15-29(22)25(31)18-9-3-1-4-10-18/h1,3-4,9-10,19,22H,2,5-8,11-17H2,(H,26,27,30). The van der Waals surface area contributed by atoms with E-state index in [0.29, 0.717) is 24.0 Å². The van der Waals surface area contributed by atoms with Crippen LogP contribution in [0.25, 0.3) is 0 Å². The van der Waals surface area contributed by atoms with Gasteiger partial charge in [0.05, 0.1) is 11.7 Å². The molecule has 1 atom stereocenters. The van der Waals surface area contributed by atoms with E-state index in [1.54, 1.807) is 0 Å². The van der Waals surface area contributed by atoms with Crippen molar-refractivity contribution in [3.05, 3.63) is 63.3 Å². The Hall–Kier alpha value is -2.47. The molecular formula is C25H32N4O2. The highest BCUT2D eigenvalue weighted by atomic mass is 16.2. The lowest BCUT2D eigenvalue weighted by Gasteiger charge is -2.38. The van der Waals surface area contributed by atoms with E-state index < -0.39 is 0 Å². The molecule has 2 aliphatic heterocycles. The van der Waals surface area contributed by atoms with Crippen LogP contribution in [0.5, 0.6) is 0 Å². The summed E-state index contributed by atoms with van der Waals surface area (Å²) < 4.78 is 0. The van der Waals surface area contributed by atoms with Crippen LogP contribution in [0.15, 0.2) is 35.1 Å². The highest BCUT2D eigenvalue weighted by Crippen LogP contribution is 2.31. The van der Waals surface area contributed by atoms with Gasteiger partial charge in [0.1, 0.15) is 5.82 Å². The van der Waals surface area contributed by atoms with Gasteiger partial charge in [0, 0.05) is 36.8 Å². The Labute approximate surface area is 183 Å². The Bertz CT molecular complexity index is 981. The number of benzene rings is 1. The Morgan fingerprint density at radius 2 is 1.74 bits per heavy atom. The number of aromatic amines is 1. The number of aromatic nitrogens is 2. The van der Waals surface area contributed by atoms with E-state index in [-0.39, 0.29) is 17.5 Å². The number of rotatable bonds is 3. The van der Waals surface area contributed by atoms with Gasteiger partial charge in [-0.05, 0) is 50.7 Å². The van der Waals surface area contributed by atoms with Crippen molar-refractivity contribution in [2.24, 2.45) is 0 Å². The maximum atomic E-state index is 13.2. The third-order valence-corrected chi connectivity index (χ3v) is 7.31. The first-order valence-electron chi connectivity index (χ1n) is 11.9. The second-order valence-corrected chi connectivity index (χ2v) is 9.26. The van der Waals surface area contributed by atoms with E-state index in [1.807, 2.05) is 35.2 Å². The predicted molar refractivity (Wildman–Crippen MR) is 120 cm³/mol. The van der Waals surface area contributed by atoms with Crippen molar-refractivity contribution in [3.8, 4) is 0 Å². The first-order chi connectivity index (χ1) is 15.2. The third-order valence-electron chi connectivity index (χ3n) is 7.31. The van der Waals surface area contributed by atoms with Gasteiger partial charge in [0.2, 0.25) is 0 Å². The summed E-state index contributed by atoms with van der Waals surface area (Å²) >= 11 is 0. The summed E-state index contributed by atoms with van der Waals surface area (Å²) in [4.78, 5) is 38.6. The number of nitrogens with one attached hydrogen (secondary N) is 1. The van der Waals surface area contributed by atoms with E-state index in [9.17, 15) is 9.59 Å². The van der Waals surface area contributed by atoms with Crippen LogP contribution in [0.4, 0.5) is 0 Å². The Morgan fingerprint density at radius 3 is 2.55 bits per heavy atom. The van der Waals surface area contributed by atoms with Gasteiger partial charge >= 0.3 is 0 Å². The zero-order valence-electron chi connectivity index (χ0n) is 18.2. The molecular weight excluding hydrogens is 388 g/mol. The molecule has 6 heteroatoms. The van der Waals surface area contributed by atoms with E-state index >= 15 is 0 Å². The average molecular weight is 421 g/mol. The zero-order chi connectivity index (χ0) is 21.2. The third kappa shape index (κ3) is 4.18. The van der Waals surface area contributed by atoms with Crippen molar-refractivity contribution >= 4 is 5.91 Å². The molecule has 1 unspecified atom stereocenters. The number of nitrogens with zero attached hydrogens (tertiary/aromatic N) is 3. The fourth-order valence-corrected chi connectivity index (χ4v) is 5.60. The Kier molecular flexibility index (Phi) is 5.90. The summed E-state index contributed by atoms with van der Waals surface area (Å²) in [5, 5.41) is 0. The van der Waals surface area contributed by atoms with Crippen LogP contribution in [0.3, 0.4) is 0 Å². The lowest BCUT2D eigenvalue weighted by molar-refractivity contribution is 0.0598. The molecule has 3 heterocycles. The molecule has 5 rings (SSSR count). The monoisotopic (exact) mass is 420 g/mol. The quantitative estimate of drug-likeness (QED) is 0.819. The molecule has 1 aromatic heterocycles. The van der Waals surface area contributed by atoms with Gasteiger partial charge in [0.25, 0.3) is 11.5 Å². The topological polar surface area (TPSA) is 69.3 Å². The van der Waals surface area contributed by atoms with Crippen LogP contribution in [-0.2, 0) is 13.0 Å². The molecule has 1 saturated heterocycles. The zero-order valence-corrected chi connectivity index (χ0v) is 18.2. The highest BCUT2D eigenvalue weighted by molar-refractivity contribution is 5.94. The van der Waals surface area contributed by atoms with Gasteiger partial charge in [0.15, 0.2) is 0 Å². The molecule has 1 aromatic carbocycles. The van der Waals surface area contributed by atoms with Crippen LogP contribution in [0, 0.1) is 0 Å². The van der Waals surface area contributed by atoms with E-state index in [2.05, 4.69) is 9.88 Å². The van der Waals surface area contributed by atoms with Gasteiger partial charge in [-0.1, -0.05) is 37.5 Å². The van der Waals surface area contributed by atoms with Gasteiger partial charge in [-0.15, -0.1) is 0 Å². The first kappa shape index (κ1) is 20.4. The van der Waals surface area contributed by atoms with Crippen molar-refractivity contribution in [3.63, 3.8) is 0 Å². The molecule has 164 valence electrons. The number of carbonyl (C=O) groups is 1. The minimum Gasteiger partial charge on any atom is -0.328 e. The summed E-state index contributed by atoms with van der Waals surface area (Å²) in [7, 11) is 0. The van der Waals surface area contributed by atoms with Crippen molar-refractivity contribution < 1.29 is 4.79 Å². The molecule has 0 radical (unpaired) electrons. The Morgan fingerprint density at radius 1 is 0.968 bits per heavy atom. The molecule has 2 aromatic rings. The molecule has 1 aliphatic carbocycles. The minimum absolute atomic E-state index is 0.0130. The van der Waals surface area contributed by atoms with Crippen LogP contribution >= 0.6 is 0 Å². The fraction of sp³-hybridized carbons (Fsp3) is 0.560. The molecule has 0 bridgehead atoms. The normalized spacial score (nSPS) is 22.8. The molecule has 3 aliphatic rings. The number of piperidine rings is 1. The average Bonchev–Trinajstić information content (AvgIpc) is 2.84. The van der Waals surface area contributed by atoms with Crippen molar-refractivity contribution in [1.29, 1.82) is 0 Å². The van der Waals surface area contributed by atoms with E-state index in [0.717, 1.165) is 50.0 Å². The minimum atomic E-state index is -0.162.